The molecule has 0 bridgehead atoms. The summed E-state index contributed by atoms with van der Waals surface area (Å²) in [6, 6.07) is 3.63. The van der Waals surface area contributed by atoms with Crippen LogP contribution in [0.1, 0.15) is 55.2 Å². The molecule has 3 aliphatic heterocycles. The van der Waals surface area contributed by atoms with Crippen molar-refractivity contribution < 1.29 is 49.0 Å². The van der Waals surface area contributed by atoms with E-state index in [1.165, 1.54) is 6.07 Å². The van der Waals surface area contributed by atoms with E-state index in [4.69, 9.17) is 0 Å². The maximum Gasteiger partial charge on any atom is 0.434 e. The third-order valence-electron chi connectivity index (χ3n) is 8.84. The number of nitroso groups, excluding NO2 is 1. The number of rotatable bonds is 7. The van der Waals surface area contributed by atoms with Crippen molar-refractivity contribution in [3.05, 3.63) is 39.8 Å². The second-order valence-corrected chi connectivity index (χ2v) is 11.6. The molecule has 1 aromatic rings. The molecular formula is C27H33F9N4O3. The van der Waals surface area contributed by atoms with E-state index in [2.05, 4.69) is 14.8 Å². The summed E-state index contributed by atoms with van der Waals surface area (Å²) >= 11 is 0. The number of ether oxygens (including phenoxy) is 1. The molecule has 7 nitrogen and oxygen atoms in total. The van der Waals surface area contributed by atoms with Crippen molar-refractivity contribution in [1.82, 2.24) is 14.7 Å². The number of benzene rings is 1. The Balaban J connectivity index is 1.45. The van der Waals surface area contributed by atoms with Gasteiger partial charge in [-0.15, -0.1) is 0 Å². The van der Waals surface area contributed by atoms with Gasteiger partial charge in [0.25, 0.3) is 6.10 Å². The molecule has 0 aliphatic carbocycles. The number of piperidine rings is 2. The van der Waals surface area contributed by atoms with E-state index in [1.54, 1.807) is 0 Å². The minimum atomic E-state index is -5.81. The summed E-state index contributed by atoms with van der Waals surface area (Å²) in [7, 11) is 0. The molecule has 3 fully saturated rings. The Bertz CT molecular complexity index is 1110. The van der Waals surface area contributed by atoms with Crippen molar-refractivity contribution >= 4 is 6.09 Å². The third kappa shape index (κ3) is 8.11. The molecule has 3 saturated heterocycles. The minimum absolute atomic E-state index is 0.123. The Hall–Kier alpha value is -2.62. The van der Waals surface area contributed by atoms with Crippen LogP contribution in [0.3, 0.4) is 0 Å². The van der Waals surface area contributed by atoms with E-state index in [9.17, 15) is 49.2 Å². The molecule has 0 aromatic heterocycles. The first-order chi connectivity index (χ1) is 20.0. The summed E-state index contributed by atoms with van der Waals surface area (Å²) < 4.78 is 122. The minimum Gasteiger partial charge on any atom is -0.426 e. The van der Waals surface area contributed by atoms with E-state index < -0.39 is 41.8 Å². The fourth-order valence-electron chi connectivity index (χ4n) is 6.39. The first kappa shape index (κ1) is 33.3. The smallest absolute Gasteiger partial charge is 0.426 e. The highest BCUT2D eigenvalue weighted by Gasteiger charge is 2.60. The molecule has 43 heavy (non-hydrogen) atoms. The van der Waals surface area contributed by atoms with Gasteiger partial charge in [0, 0.05) is 31.7 Å². The average molecular weight is 633 g/mol. The van der Waals surface area contributed by atoms with E-state index in [-0.39, 0.29) is 44.9 Å². The zero-order valence-corrected chi connectivity index (χ0v) is 23.2. The number of likely N-dealkylation sites (tertiary alicyclic amines) is 3. The molecule has 16 heteroatoms. The van der Waals surface area contributed by atoms with Gasteiger partial charge >= 0.3 is 24.6 Å². The molecule has 0 N–H and O–H groups in total. The largest absolute Gasteiger partial charge is 0.434 e. The van der Waals surface area contributed by atoms with Gasteiger partial charge in [-0.05, 0) is 87.3 Å². The molecule has 0 unspecified atom stereocenters. The molecular weight excluding hydrogens is 599 g/mol. The molecule has 3 aliphatic rings. The van der Waals surface area contributed by atoms with Gasteiger partial charge in [0.2, 0.25) is 0 Å². The van der Waals surface area contributed by atoms with E-state index in [0.29, 0.717) is 56.6 Å². The quantitative estimate of drug-likeness (QED) is 0.246. The SMILES string of the molecule is O=NCC1CCN(Cc2cc(C(F)(F)F)ccc2CN2CCCC23CCN(C(=O)OC(C(F)(F)F)C(F)(F)F)CC3)CC1. The predicted molar refractivity (Wildman–Crippen MR) is 136 cm³/mol. The van der Waals surface area contributed by atoms with Crippen molar-refractivity contribution in [2.75, 3.05) is 39.3 Å². The maximum absolute atomic E-state index is 13.6. The highest BCUT2D eigenvalue weighted by atomic mass is 19.4. The van der Waals surface area contributed by atoms with Gasteiger partial charge in [-0.25, -0.2) is 4.79 Å². The number of hydrogen-bond acceptors (Lipinski definition) is 6. The summed E-state index contributed by atoms with van der Waals surface area (Å²) in [6.45, 7) is 2.36. The Morgan fingerprint density at radius 1 is 0.884 bits per heavy atom. The molecule has 0 atom stereocenters. The lowest BCUT2D eigenvalue weighted by Crippen LogP contribution is -2.54. The Kier molecular flexibility index (Phi) is 9.89. The number of amides is 1. The van der Waals surface area contributed by atoms with E-state index >= 15 is 0 Å². The fourth-order valence-corrected chi connectivity index (χ4v) is 6.39. The van der Waals surface area contributed by atoms with Crippen LogP contribution < -0.4 is 0 Å². The predicted octanol–water partition coefficient (Wildman–Crippen LogP) is 6.74. The molecule has 4 rings (SSSR count). The van der Waals surface area contributed by atoms with Crippen LogP contribution in [0.2, 0.25) is 0 Å². The van der Waals surface area contributed by atoms with Gasteiger partial charge in [-0.3, -0.25) is 9.80 Å². The third-order valence-corrected chi connectivity index (χ3v) is 8.84. The summed E-state index contributed by atoms with van der Waals surface area (Å²) in [4.78, 5) is 27.8. The Morgan fingerprint density at radius 2 is 1.51 bits per heavy atom. The zero-order chi connectivity index (χ0) is 31.6. The average Bonchev–Trinajstić information content (AvgIpc) is 3.29. The topological polar surface area (TPSA) is 65.5 Å². The van der Waals surface area contributed by atoms with E-state index in [1.807, 2.05) is 4.90 Å². The van der Waals surface area contributed by atoms with Gasteiger partial charge in [-0.1, -0.05) is 11.2 Å². The highest BCUT2D eigenvalue weighted by Crippen LogP contribution is 2.41. The van der Waals surface area contributed by atoms with Crippen molar-refractivity contribution in [2.24, 2.45) is 11.1 Å². The zero-order valence-electron chi connectivity index (χ0n) is 23.2. The molecule has 0 radical (unpaired) electrons. The number of halogens is 9. The first-order valence-electron chi connectivity index (χ1n) is 14.1. The molecule has 3 heterocycles. The standard InChI is InChI=1S/C27H33F9N4O3/c28-25(29,30)21-3-2-19(20(14-21)16-38-10-4-18(5-11-38)15-37-42)17-40-9-1-6-24(40)7-12-39(13-8-24)23(41)43-22(26(31,32)33)27(34,35)36/h2-3,14,18,22H,1,4-13,15-17H2. The summed E-state index contributed by atoms with van der Waals surface area (Å²) in [5, 5.41) is 2.95. The first-order valence-corrected chi connectivity index (χ1v) is 14.1. The van der Waals surface area contributed by atoms with Gasteiger partial charge in [0.1, 0.15) is 0 Å². The van der Waals surface area contributed by atoms with Crippen LogP contribution in [-0.2, 0) is 24.0 Å². The second-order valence-electron chi connectivity index (χ2n) is 11.6. The van der Waals surface area contributed by atoms with Crippen LogP contribution in [-0.4, -0.2) is 84.1 Å². The van der Waals surface area contributed by atoms with Crippen LogP contribution >= 0.6 is 0 Å². The van der Waals surface area contributed by atoms with Crippen LogP contribution in [0.25, 0.3) is 0 Å². The summed E-state index contributed by atoms with van der Waals surface area (Å²) in [6.07, 6.45) is -18.7. The summed E-state index contributed by atoms with van der Waals surface area (Å²) in [5.74, 6) is 0.148. The number of carbonyl (C=O) groups is 1. The molecule has 1 spiro atoms. The van der Waals surface area contributed by atoms with Gasteiger partial charge in [-0.2, -0.15) is 44.4 Å². The number of carbonyl (C=O) groups excluding carboxylic acids is 1. The van der Waals surface area contributed by atoms with Crippen LogP contribution in [0.5, 0.6) is 0 Å². The Morgan fingerprint density at radius 3 is 2.07 bits per heavy atom. The van der Waals surface area contributed by atoms with Gasteiger partial charge in [0.05, 0.1) is 12.1 Å². The summed E-state index contributed by atoms with van der Waals surface area (Å²) in [5.41, 5.74) is -0.0869. The normalized spacial score (nSPS) is 21.1. The lowest BCUT2D eigenvalue weighted by Gasteiger charge is -2.45. The van der Waals surface area contributed by atoms with Crippen molar-refractivity contribution in [1.29, 1.82) is 0 Å². The Labute approximate surface area is 242 Å². The molecule has 1 aromatic carbocycles. The molecule has 1 amide bonds. The van der Waals surface area contributed by atoms with Crippen LogP contribution in [0.4, 0.5) is 44.3 Å². The lowest BCUT2D eigenvalue weighted by atomic mass is 9.84. The molecule has 242 valence electrons. The lowest BCUT2D eigenvalue weighted by molar-refractivity contribution is -0.308. The maximum atomic E-state index is 13.6. The van der Waals surface area contributed by atoms with Gasteiger partial charge < -0.3 is 9.64 Å². The second kappa shape index (κ2) is 12.8. The van der Waals surface area contributed by atoms with Crippen LogP contribution in [0, 0.1) is 10.8 Å². The number of alkyl halides is 9. The fraction of sp³-hybridized carbons (Fsp3) is 0.741. The monoisotopic (exact) mass is 632 g/mol. The van der Waals surface area contributed by atoms with Crippen molar-refractivity contribution in [3.8, 4) is 0 Å². The van der Waals surface area contributed by atoms with Crippen molar-refractivity contribution in [3.63, 3.8) is 0 Å². The van der Waals surface area contributed by atoms with Crippen LogP contribution in [0.15, 0.2) is 23.4 Å². The van der Waals surface area contributed by atoms with E-state index in [0.717, 1.165) is 23.5 Å². The molecule has 0 saturated carbocycles. The number of nitrogens with zero attached hydrogens (tertiary/aromatic N) is 4. The van der Waals surface area contributed by atoms with Gasteiger partial charge in [0.15, 0.2) is 0 Å². The van der Waals surface area contributed by atoms with Crippen molar-refractivity contribution in [2.45, 2.75) is 81.8 Å². The number of hydrogen-bond donors (Lipinski definition) is 0. The highest BCUT2D eigenvalue weighted by molar-refractivity contribution is 5.68.